The number of rotatable bonds is 3. The van der Waals surface area contributed by atoms with E-state index in [1.807, 2.05) is 0 Å². The van der Waals surface area contributed by atoms with Crippen LogP contribution in [0.25, 0.3) is 0 Å². The average molecular weight is 213 g/mol. The second-order valence-corrected chi connectivity index (χ2v) is 3.13. The average Bonchev–Trinajstić information content (AvgIpc) is 2.19. The van der Waals surface area contributed by atoms with Crippen LogP contribution in [0.2, 0.25) is 0 Å². The molecule has 5 heteroatoms. The van der Waals surface area contributed by atoms with Gasteiger partial charge in [-0.25, -0.2) is 4.39 Å². The van der Waals surface area contributed by atoms with Crippen LogP contribution >= 0.6 is 0 Å². The van der Waals surface area contributed by atoms with E-state index < -0.39 is 17.8 Å². The van der Waals surface area contributed by atoms with Gasteiger partial charge in [-0.2, -0.15) is 0 Å². The van der Waals surface area contributed by atoms with E-state index in [1.165, 1.54) is 19.2 Å². The number of aliphatic carboxylic acids is 1. The van der Waals surface area contributed by atoms with Crippen molar-refractivity contribution in [2.45, 2.75) is 13.0 Å². The smallest absolute Gasteiger partial charge is 0.325 e. The number of carboxylic acid groups (broad SMARTS) is 1. The summed E-state index contributed by atoms with van der Waals surface area (Å²) in [6, 6.07) is 1.27. The zero-order valence-corrected chi connectivity index (χ0v) is 8.45. The van der Waals surface area contributed by atoms with Crippen LogP contribution in [0.5, 0.6) is 5.75 Å². The molecule has 0 aromatic heterocycles. The fraction of sp³-hybridized carbons (Fsp3) is 0.300. The van der Waals surface area contributed by atoms with Gasteiger partial charge in [-0.15, -0.1) is 0 Å². The van der Waals surface area contributed by atoms with Crippen LogP contribution in [0.4, 0.5) is 4.39 Å². The number of aryl methyl sites for hydroxylation is 1. The molecule has 0 radical (unpaired) electrons. The van der Waals surface area contributed by atoms with Crippen LogP contribution in [-0.4, -0.2) is 18.2 Å². The van der Waals surface area contributed by atoms with Gasteiger partial charge in [0.2, 0.25) is 0 Å². The monoisotopic (exact) mass is 213 g/mol. The Labute approximate surface area is 86.5 Å². The molecule has 1 unspecified atom stereocenters. The summed E-state index contributed by atoms with van der Waals surface area (Å²) in [6.07, 6.45) is 0. The molecule has 4 nitrogen and oxygen atoms in total. The van der Waals surface area contributed by atoms with Crippen LogP contribution in [0, 0.1) is 12.7 Å². The zero-order valence-electron chi connectivity index (χ0n) is 8.45. The van der Waals surface area contributed by atoms with Crippen molar-refractivity contribution in [3.8, 4) is 5.75 Å². The van der Waals surface area contributed by atoms with Crippen molar-refractivity contribution >= 4 is 5.97 Å². The molecular formula is C10H12FNO3. The molecule has 0 heterocycles. The Hall–Kier alpha value is -1.62. The Morgan fingerprint density at radius 3 is 2.67 bits per heavy atom. The van der Waals surface area contributed by atoms with Gasteiger partial charge < -0.3 is 15.6 Å². The van der Waals surface area contributed by atoms with E-state index in [-0.39, 0.29) is 11.3 Å². The van der Waals surface area contributed by atoms with E-state index >= 15 is 0 Å². The third kappa shape index (κ3) is 2.07. The minimum atomic E-state index is -1.42. The molecule has 3 N–H and O–H groups in total. The number of hydrogen-bond acceptors (Lipinski definition) is 3. The first-order chi connectivity index (χ1) is 6.99. The minimum absolute atomic E-state index is 0.120. The predicted molar refractivity (Wildman–Crippen MR) is 52.3 cm³/mol. The fourth-order valence-electron chi connectivity index (χ4n) is 1.37. The van der Waals surface area contributed by atoms with Crippen LogP contribution in [-0.2, 0) is 4.79 Å². The van der Waals surface area contributed by atoms with Gasteiger partial charge >= 0.3 is 5.97 Å². The normalized spacial score (nSPS) is 12.3. The summed E-state index contributed by atoms with van der Waals surface area (Å²) in [6.45, 7) is 1.69. The zero-order chi connectivity index (χ0) is 11.6. The standard InChI is InChI=1S/C10H12FNO3/c1-5-3-4-6(11)7(9(5)15-2)8(12)10(13)14/h3-4,8H,12H2,1-2H3,(H,13,14). The predicted octanol–water partition coefficient (Wildman–Crippen LogP) is 1.23. The maximum absolute atomic E-state index is 13.4. The molecule has 0 amide bonds. The molecule has 1 aromatic carbocycles. The second kappa shape index (κ2) is 4.27. The molecule has 0 aliphatic heterocycles. The Morgan fingerprint density at radius 2 is 2.20 bits per heavy atom. The first-order valence-corrected chi connectivity index (χ1v) is 4.30. The number of carbonyl (C=O) groups is 1. The molecule has 15 heavy (non-hydrogen) atoms. The minimum Gasteiger partial charge on any atom is -0.496 e. The molecule has 82 valence electrons. The van der Waals surface area contributed by atoms with Crippen molar-refractivity contribution in [1.29, 1.82) is 0 Å². The van der Waals surface area contributed by atoms with Crippen molar-refractivity contribution in [3.05, 3.63) is 29.1 Å². The van der Waals surface area contributed by atoms with Crippen molar-refractivity contribution in [2.24, 2.45) is 5.73 Å². The summed E-state index contributed by atoms with van der Waals surface area (Å²) in [5.41, 5.74) is 5.89. The molecular weight excluding hydrogens is 201 g/mol. The SMILES string of the molecule is COc1c(C)ccc(F)c1C(N)C(=O)O. The highest BCUT2D eigenvalue weighted by Crippen LogP contribution is 2.30. The first-order valence-electron chi connectivity index (χ1n) is 4.30. The summed E-state index contributed by atoms with van der Waals surface area (Å²) in [5.74, 6) is -1.78. The number of carboxylic acids is 1. The molecule has 0 aliphatic carbocycles. The highest BCUT2D eigenvalue weighted by atomic mass is 19.1. The molecule has 1 aromatic rings. The van der Waals surface area contributed by atoms with Crippen LogP contribution < -0.4 is 10.5 Å². The summed E-state index contributed by atoms with van der Waals surface area (Å²) in [5, 5.41) is 8.72. The van der Waals surface area contributed by atoms with Crippen molar-refractivity contribution in [2.75, 3.05) is 7.11 Å². The summed E-state index contributed by atoms with van der Waals surface area (Å²) >= 11 is 0. The van der Waals surface area contributed by atoms with E-state index in [0.717, 1.165) is 0 Å². The van der Waals surface area contributed by atoms with Gasteiger partial charge in [-0.05, 0) is 18.6 Å². The van der Waals surface area contributed by atoms with Gasteiger partial charge in [0.1, 0.15) is 17.6 Å². The van der Waals surface area contributed by atoms with Gasteiger partial charge in [-0.3, -0.25) is 4.79 Å². The van der Waals surface area contributed by atoms with Gasteiger partial charge in [0.25, 0.3) is 0 Å². The first kappa shape index (κ1) is 11.5. The fourth-order valence-corrected chi connectivity index (χ4v) is 1.37. The van der Waals surface area contributed by atoms with E-state index in [9.17, 15) is 9.18 Å². The second-order valence-electron chi connectivity index (χ2n) is 3.13. The number of methoxy groups -OCH3 is 1. The molecule has 0 saturated carbocycles. The van der Waals surface area contributed by atoms with Crippen LogP contribution in [0.15, 0.2) is 12.1 Å². The molecule has 0 bridgehead atoms. The Balaban J connectivity index is 3.37. The lowest BCUT2D eigenvalue weighted by Crippen LogP contribution is -2.23. The van der Waals surface area contributed by atoms with E-state index in [4.69, 9.17) is 15.6 Å². The topological polar surface area (TPSA) is 72.5 Å². The van der Waals surface area contributed by atoms with E-state index in [1.54, 1.807) is 6.92 Å². The number of halogens is 1. The highest BCUT2D eigenvalue weighted by Gasteiger charge is 2.24. The lowest BCUT2D eigenvalue weighted by Gasteiger charge is -2.15. The van der Waals surface area contributed by atoms with Gasteiger partial charge in [0.05, 0.1) is 12.7 Å². The maximum Gasteiger partial charge on any atom is 0.325 e. The highest BCUT2D eigenvalue weighted by molar-refractivity contribution is 5.76. The number of ether oxygens (including phenoxy) is 1. The van der Waals surface area contributed by atoms with Gasteiger partial charge in [0.15, 0.2) is 0 Å². The molecule has 0 fully saturated rings. The Kier molecular flexibility index (Phi) is 3.26. The largest absolute Gasteiger partial charge is 0.496 e. The van der Waals surface area contributed by atoms with Crippen molar-refractivity contribution in [1.82, 2.24) is 0 Å². The van der Waals surface area contributed by atoms with Gasteiger partial charge in [0, 0.05) is 0 Å². The van der Waals surface area contributed by atoms with Crippen molar-refractivity contribution in [3.63, 3.8) is 0 Å². The molecule has 1 atom stereocenters. The third-order valence-electron chi connectivity index (χ3n) is 2.12. The maximum atomic E-state index is 13.4. The third-order valence-corrected chi connectivity index (χ3v) is 2.12. The van der Waals surface area contributed by atoms with Gasteiger partial charge in [-0.1, -0.05) is 6.07 Å². The number of benzene rings is 1. The Morgan fingerprint density at radius 1 is 1.60 bits per heavy atom. The summed E-state index contributed by atoms with van der Waals surface area (Å²) in [7, 11) is 1.35. The lowest BCUT2D eigenvalue weighted by molar-refractivity contribution is -0.138. The van der Waals surface area contributed by atoms with E-state index in [2.05, 4.69) is 0 Å². The van der Waals surface area contributed by atoms with Crippen LogP contribution in [0.1, 0.15) is 17.2 Å². The lowest BCUT2D eigenvalue weighted by atomic mass is 10.0. The van der Waals surface area contributed by atoms with E-state index in [0.29, 0.717) is 5.56 Å². The summed E-state index contributed by atoms with van der Waals surface area (Å²) in [4.78, 5) is 10.7. The summed E-state index contributed by atoms with van der Waals surface area (Å²) < 4.78 is 18.3. The molecule has 0 aliphatic rings. The Bertz CT molecular complexity index is 392. The molecule has 0 saturated heterocycles. The van der Waals surface area contributed by atoms with Crippen LogP contribution in [0.3, 0.4) is 0 Å². The molecule has 1 rings (SSSR count). The number of nitrogens with two attached hydrogens (primary N) is 1. The van der Waals surface area contributed by atoms with Crippen molar-refractivity contribution < 1.29 is 19.0 Å². The molecule has 0 spiro atoms. The quantitative estimate of drug-likeness (QED) is 0.792. The number of hydrogen-bond donors (Lipinski definition) is 2.